The summed E-state index contributed by atoms with van der Waals surface area (Å²) in [6.07, 6.45) is 5.13. The Hall–Kier alpha value is -2.64. The maximum absolute atomic E-state index is 6.06. The molecule has 3 heterocycles. The molecule has 3 aromatic heterocycles. The normalized spacial score (nSPS) is 12.3. The highest BCUT2D eigenvalue weighted by Crippen LogP contribution is 2.32. The van der Waals surface area contributed by atoms with Gasteiger partial charge in [0.25, 0.3) is 0 Å². The van der Waals surface area contributed by atoms with E-state index in [2.05, 4.69) is 32.8 Å². The van der Waals surface area contributed by atoms with Gasteiger partial charge in [0.1, 0.15) is 5.25 Å². The Morgan fingerprint density at radius 3 is 2.70 bits per heavy atom. The predicted molar refractivity (Wildman–Crippen MR) is 107 cm³/mol. The summed E-state index contributed by atoms with van der Waals surface area (Å²) in [4.78, 5) is 8.43. The third kappa shape index (κ3) is 3.48. The molecule has 4 rings (SSSR count). The summed E-state index contributed by atoms with van der Waals surface area (Å²) in [6, 6.07) is 11.2. The zero-order valence-corrected chi connectivity index (χ0v) is 16.1. The third-order valence-corrected chi connectivity index (χ3v) is 4.83. The van der Waals surface area contributed by atoms with Crippen LogP contribution >= 0.6 is 24.2 Å². The highest BCUT2D eigenvalue weighted by Gasteiger charge is 2.24. The molecule has 0 fully saturated rings. The minimum atomic E-state index is -0.444. The van der Waals surface area contributed by atoms with E-state index in [0.29, 0.717) is 29.0 Å². The number of benzene rings is 1. The lowest BCUT2D eigenvalue weighted by atomic mass is 10.2. The topological polar surface area (TPSA) is 69.6 Å². The lowest BCUT2D eigenvalue weighted by Gasteiger charge is -2.10. The van der Waals surface area contributed by atoms with Gasteiger partial charge in [-0.25, -0.2) is 4.98 Å². The first-order valence-electron chi connectivity index (χ1n) is 8.40. The number of rotatable bonds is 5. The summed E-state index contributed by atoms with van der Waals surface area (Å²) in [5.74, 6) is 2.52. The van der Waals surface area contributed by atoms with Gasteiger partial charge in [-0.15, -0.1) is 10.2 Å². The SMILES string of the molecule is CCn1c(-c2ccncc2)nnc1C(S)c1ncc(-c2cccc(Cl)c2)o1. The maximum atomic E-state index is 6.06. The molecule has 0 saturated heterocycles. The Morgan fingerprint density at radius 1 is 1.15 bits per heavy atom. The van der Waals surface area contributed by atoms with Crippen molar-refractivity contribution in [1.82, 2.24) is 24.7 Å². The first kappa shape index (κ1) is 17.8. The Bertz CT molecular complexity index is 1060. The van der Waals surface area contributed by atoms with Gasteiger partial charge >= 0.3 is 0 Å². The zero-order valence-electron chi connectivity index (χ0n) is 14.5. The maximum Gasteiger partial charge on any atom is 0.215 e. The van der Waals surface area contributed by atoms with E-state index in [-0.39, 0.29) is 0 Å². The Labute approximate surface area is 166 Å². The van der Waals surface area contributed by atoms with Crippen molar-refractivity contribution >= 4 is 24.2 Å². The van der Waals surface area contributed by atoms with Gasteiger partial charge in [0.05, 0.1) is 6.20 Å². The second-order valence-electron chi connectivity index (χ2n) is 5.84. The quantitative estimate of drug-likeness (QED) is 0.495. The summed E-state index contributed by atoms with van der Waals surface area (Å²) in [5, 5.41) is 8.86. The van der Waals surface area contributed by atoms with Crippen LogP contribution in [0.2, 0.25) is 5.02 Å². The van der Waals surface area contributed by atoms with Crippen molar-refractivity contribution in [2.75, 3.05) is 0 Å². The van der Waals surface area contributed by atoms with Gasteiger partial charge in [-0.2, -0.15) is 12.6 Å². The Balaban J connectivity index is 1.68. The fraction of sp³-hybridized carbons (Fsp3) is 0.158. The van der Waals surface area contributed by atoms with E-state index in [0.717, 1.165) is 17.0 Å². The van der Waals surface area contributed by atoms with Gasteiger partial charge < -0.3 is 8.98 Å². The smallest absolute Gasteiger partial charge is 0.215 e. The van der Waals surface area contributed by atoms with Crippen LogP contribution in [0, 0.1) is 0 Å². The Morgan fingerprint density at radius 2 is 1.96 bits per heavy atom. The van der Waals surface area contributed by atoms with Crippen LogP contribution in [0.5, 0.6) is 0 Å². The molecule has 0 aliphatic rings. The third-order valence-electron chi connectivity index (χ3n) is 4.15. The first-order chi connectivity index (χ1) is 13.2. The molecule has 0 bridgehead atoms. The molecule has 0 spiro atoms. The minimum Gasteiger partial charge on any atom is -0.439 e. The van der Waals surface area contributed by atoms with Gasteiger partial charge in [0.15, 0.2) is 17.4 Å². The summed E-state index contributed by atoms with van der Waals surface area (Å²) < 4.78 is 7.91. The molecule has 27 heavy (non-hydrogen) atoms. The van der Waals surface area contributed by atoms with Crippen molar-refractivity contribution in [1.29, 1.82) is 0 Å². The van der Waals surface area contributed by atoms with Crippen molar-refractivity contribution in [3.8, 4) is 22.7 Å². The number of nitrogens with zero attached hydrogens (tertiary/aromatic N) is 5. The predicted octanol–water partition coefficient (Wildman–Crippen LogP) is 4.69. The Kier molecular flexibility index (Phi) is 4.96. The number of thiol groups is 1. The molecular weight excluding hydrogens is 382 g/mol. The summed E-state index contributed by atoms with van der Waals surface area (Å²) in [7, 11) is 0. The molecule has 0 amide bonds. The largest absolute Gasteiger partial charge is 0.439 e. The average molecular weight is 398 g/mol. The molecule has 6 nitrogen and oxygen atoms in total. The molecule has 4 aromatic rings. The average Bonchev–Trinajstić information content (AvgIpc) is 3.35. The molecule has 0 radical (unpaired) electrons. The van der Waals surface area contributed by atoms with E-state index >= 15 is 0 Å². The molecule has 0 aliphatic heterocycles. The molecule has 1 aromatic carbocycles. The van der Waals surface area contributed by atoms with E-state index in [9.17, 15) is 0 Å². The van der Waals surface area contributed by atoms with Gasteiger partial charge in [0.2, 0.25) is 5.89 Å². The monoisotopic (exact) mass is 397 g/mol. The van der Waals surface area contributed by atoms with Crippen molar-refractivity contribution in [2.45, 2.75) is 18.7 Å². The van der Waals surface area contributed by atoms with E-state index in [4.69, 9.17) is 16.0 Å². The molecular formula is C19H16ClN5OS. The van der Waals surface area contributed by atoms with E-state index in [1.807, 2.05) is 47.9 Å². The van der Waals surface area contributed by atoms with Crippen LogP contribution in [0.25, 0.3) is 22.7 Å². The van der Waals surface area contributed by atoms with Gasteiger partial charge in [0, 0.05) is 35.1 Å². The van der Waals surface area contributed by atoms with Crippen molar-refractivity contribution < 1.29 is 4.42 Å². The molecule has 8 heteroatoms. The molecule has 1 atom stereocenters. The van der Waals surface area contributed by atoms with Gasteiger partial charge in [-0.05, 0) is 31.2 Å². The van der Waals surface area contributed by atoms with Gasteiger partial charge in [-0.1, -0.05) is 23.7 Å². The van der Waals surface area contributed by atoms with Crippen molar-refractivity contribution in [3.63, 3.8) is 0 Å². The number of halogens is 1. The van der Waals surface area contributed by atoms with Crippen LogP contribution in [0.4, 0.5) is 0 Å². The lowest BCUT2D eigenvalue weighted by Crippen LogP contribution is -2.07. The van der Waals surface area contributed by atoms with Crippen LogP contribution in [0.3, 0.4) is 0 Å². The molecule has 0 aliphatic carbocycles. The number of oxazole rings is 1. The van der Waals surface area contributed by atoms with Crippen LogP contribution in [-0.4, -0.2) is 24.7 Å². The number of hydrogen-bond donors (Lipinski definition) is 1. The lowest BCUT2D eigenvalue weighted by molar-refractivity contribution is 0.506. The minimum absolute atomic E-state index is 0.444. The second-order valence-corrected chi connectivity index (χ2v) is 6.79. The summed E-state index contributed by atoms with van der Waals surface area (Å²) in [6.45, 7) is 2.73. The number of aromatic nitrogens is 5. The fourth-order valence-corrected chi connectivity index (χ4v) is 3.34. The highest BCUT2D eigenvalue weighted by atomic mass is 35.5. The fourth-order valence-electron chi connectivity index (χ4n) is 2.84. The highest BCUT2D eigenvalue weighted by molar-refractivity contribution is 7.80. The van der Waals surface area contributed by atoms with Crippen LogP contribution in [-0.2, 0) is 6.54 Å². The van der Waals surface area contributed by atoms with Crippen LogP contribution < -0.4 is 0 Å². The molecule has 0 saturated carbocycles. The van der Waals surface area contributed by atoms with E-state index in [1.165, 1.54) is 0 Å². The molecule has 136 valence electrons. The number of pyridine rings is 1. The zero-order chi connectivity index (χ0) is 18.8. The molecule has 1 unspecified atom stereocenters. The first-order valence-corrected chi connectivity index (χ1v) is 9.30. The second kappa shape index (κ2) is 7.54. The van der Waals surface area contributed by atoms with Crippen LogP contribution in [0.1, 0.15) is 23.9 Å². The van der Waals surface area contributed by atoms with Gasteiger partial charge in [-0.3, -0.25) is 4.98 Å². The standard InChI is InChI=1S/C19H16ClN5OS/c1-2-25-17(12-6-8-21-9-7-12)23-24-18(25)16(27)19-22-11-15(26-19)13-4-3-5-14(20)10-13/h3-11,16,27H,2H2,1H3. The van der Waals surface area contributed by atoms with Crippen molar-refractivity contribution in [2.24, 2.45) is 0 Å². The van der Waals surface area contributed by atoms with Crippen LogP contribution in [0.15, 0.2) is 59.4 Å². The summed E-state index contributed by atoms with van der Waals surface area (Å²) >= 11 is 10.7. The van der Waals surface area contributed by atoms with Crippen molar-refractivity contribution in [3.05, 3.63) is 71.7 Å². The molecule has 0 N–H and O–H groups in total. The van der Waals surface area contributed by atoms with E-state index in [1.54, 1.807) is 18.6 Å². The summed E-state index contributed by atoms with van der Waals surface area (Å²) in [5.41, 5.74) is 1.80. The number of hydrogen-bond acceptors (Lipinski definition) is 6. The van der Waals surface area contributed by atoms with E-state index < -0.39 is 5.25 Å².